The molecule has 0 aliphatic carbocycles. The number of rotatable bonds is 3. The van der Waals surface area contributed by atoms with Gasteiger partial charge in [-0.1, -0.05) is 12.1 Å². The van der Waals surface area contributed by atoms with Crippen LogP contribution in [0.15, 0.2) is 24.3 Å². The Bertz CT molecular complexity index is 570. The zero-order valence-electron chi connectivity index (χ0n) is 11.8. The van der Waals surface area contributed by atoms with E-state index in [2.05, 4.69) is 0 Å². The summed E-state index contributed by atoms with van der Waals surface area (Å²) >= 11 is 0. The third-order valence-electron chi connectivity index (χ3n) is 3.61. The lowest BCUT2D eigenvalue weighted by Gasteiger charge is -2.33. The molecule has 1 aromatic rings. The highest BCUT2D eigenvalue weighted by Crippen LogP contribution is 2.35. The molecule has 0 spiro atoms. The maximum absolute atomic E-state index is 13.0. The molecule has 0 bridgehead atoms. The Labute approximate surface area is 121 Å². The van der Waals surface area contributed by atoms with Crippen LogP contribution in [0.3, 0.4) is 0 Å². The van der Waals surface area contributed by atoms with Gasteiger partial charge < -0.3 is 4.74 Å². The van der Waals surface area contributed by atoms with Crippen LogP contribution in [-0.4, -0.2) is 36.3 Å². The number of halogens is 1. The summed E-state index contributed by atoms with van der Waals surface area (Å²) in [6, 6.07) is 5.45. The molecule has 1 aliphatic heterocycles. The Balaban J connectivity index is 2.38. The average Bonchev–Trinajstić information content (AvgIpc) is 2.45. The average molecular weight is 293 g/mol. The number of hydrogen-bond donors (Lipinski definition) is 0. The minimum absolute atomic E-state index is 0.0113. The number of likely N-dealkylation sites (tertiary alicyclic amines) is 1. The van der Waals surface area contributed by atoms with Gasteiger partial charge in [0.05, 0.1) is 6.61 Å². The van der Waals surface area contributed by atoms with Gasteiger partial charge in [0.2, 0.25) is 11.8 Å². The van der Waals surface area contributed by atoms with E-state index in [0.717, 1.165) is 4.90 Å². The first-order valence-electron chi connectivity index (χ1n) is 6.68. The first-order valence-corrected chi connectivity index (χ1v) is 6.68. The van der Waals surface area contributed by atoms with Crippen molar-refractivity contribution in [1.29, 1.82) is 0 Å². The molecule has 0 radical (unpaired) electrons. The standard InChI is InChI=1S/C15H16FNO4/c1-3-21-15(20)13-11(8-12(18)17(2)14(13)19)9-4-6-10(16)7-5-9/h4-7,11,13H,3,8H2,1-2H3/t11-,13-/m1/s1. The van der Waals surface area contributed by atoms with Gasteiger partial charge in [0.15, 0.2) is 0 Å². The van der Waals surface area contributed by atoms with E-state index >= 15 is 0 Å². The summed E-state index contributed by atoms with van der Waals surface area (Å²) in [4.78, 5) is 37.1. The summed E-state index contributed by atoms with van der Waals surface area (Å²) in [6.07, 6.45) is 0.0113. The van der Waals surface area contributed by atoms with E-state index < -0.39 is 29.5 Å². The highest BCUT2D eigenvalue weighted by Gasteiger charge is 2.45. The van der Waals surface area contributed by atoms with Crippen molar-refractivity contribution in [2.24, 2.45) is 5.92 Å². The SMILES string of the molecule is CCOC(=O)[C@H]1C(=O)N(C)C(=O)C[C@@H]1c1ccc(F)cc1. The second kappa shape index (κ2) is 6.03. The van der Waals surface area contributed by atoms with Crippen molar-refractivity contribution in [3.05, 3.63) is 35.6 Å². The molecule has 2 rings (SSSR count). The Morgan fingerprint density at radius 2 is 1.95 bits per heavy atom. The van der Waals surface area contributed by atoms with Gasteiger partial charge in [-0.2, -0.15) is 0 Å². The number of hydrogen-bond acceptors (Lipinski definition) is 4. The van der Waals surface area contributed by atoms with E-state index in [1.54, 1.807) is 6.92 Å². The number of esters is 1. The second-order valence-electron chi connectivity index (χ2n) is 4.88. The second-order valence-corrected chi connectivity index (χ2v) is 4.88. The van der Waals surface area contributed by atoms with Crippen molar-refractivity contribution in [3.8, 4) is 0 Å². The molecular formula is C15H16FNO4. The topological polar surface area (TPSA) is 63.7 Å². The highest BCUT2D eigenvalue weighted by molar-refractivity contribution is 6.08. The van der Waals surface area contributed by atoms with E-state index in [1.807, 2.05) is 0 Å². The van der Waals surface area contributed by atoms with Crippen molar-refractivity contribution in [3.63, 3.8) is 0 Å². The quantitative estimate of drug-likeness (QED) is 0.481. The lowest BCUT2D eigenvalue weighted by Crippen LogP contribution is -2.49. The van der Waals surface area contributed by atoms with Gasteiger partial charge in [-0.3, -0.25) is 19.3 Å². The van der Waals surface area contributed by atoms with E-state index in [1.165, 1.54) is 31.3 Å². The molecule has 1 heterocycles. The third kappa shape index (κ3) is 2.94. The van der Waals surface area contributed by atoms with Crippen LogP contribution in [0.1, 0.15) is 24.8 Å². The van der Waals surface area contributed by atoms with Gasteiger partial charge >= 0.3 is 5.97 Å². The predicted octanol–water partition coefficient (Wildman–Crippen LogP) is 1.48. The molecule has 1 aromatic carbocycles. The van der Waals surface area contributed by atoms with Gasteiger partial charge in [-0.25, -0.2) is 4.39 Å². The fourth-order valence-corrected chi connectivity index (χ4v) is 2.46. The minimum atomic E-state index is -1.07. The summed E-state index contributed by atoms with van der Waals surface area (Å²) in [5.41, 5.74) is 0.573. The Kier molecular flexibility index (Phi) is 4.35. The smallest absolute Gasteiger partial charge is 0.319 e. The van der Waals surface area contributed by atoms with E-state index in [4.69, 9.17) is 4.74 Å². The first-order chi connectivity index (χ1) is 9.95. The Morgan fingerprint density at radius 3 is 2.52 bits per heavy atom. The predicted molar refractivity (Wildman–Crippen MR) is 71.7 cm³/mol. The van der Waals surface area contributed by atoms with Crippen LogP contribution < -0.4 is 0 Å². The van der Waals surface area contributed by atoms with Crippen LogP contribution in [-0.2, 0) is 19.1 Å². The lowest BCUT2D eigenvalue weighted by molar-refractivity contribution is -0.162. The number of imide groups is 1. The van der Waals surface area contributed by atoms with E-state index in [-0.39, 0.29) is 18.9 Å². The summed E-state index contributed by atoms with van der Waals surface area (Å²) in [5, 5.41) is 0. The molecule has 1 fully saturated rings. The monoisotopic (exact) mass is 293 g/mol. The fraction of sp³-hybridized carbons (Fsp3) is 0.400. The van der Waals surface area contributed by atoms with Crippen molar-refractivity contribution >= 4 is 17.8 Å². The fourth-order valence-electron chi connectivity index (χ4n) is 2.46. The zero-order chi connectivity index (χ0) is 15.6. The van der Waals surface area contributed by atoms with Crippen LogP contribution in [0.5, 0.6) is 0 Å². The molecule has 2 amide bonds. The number of carbonyl (C=O) groups is 3. The Hall–Kier alpha value is -2.24. The summed E-state index contributed by atoms with van der Waals surface area (Å²) in [5.74, 6) is -3.72. The number of ether oxygens (including phenoxy) is 1. The zero-order valence-corrected chi connectivity index (χ0v) is 11.8. The first kappa shape index (κ1) is 15.2. The van der Waals surface area contributed by atoms with Crippen LogP contribution in [0, 0.1) is 11.7 Å². The van der Waals surface area contributed by atoms with Gasteiger partial charge in [-0.05, 0) is 24.6 Å². The largest absolute Gasteiger partial charge is 0.465 e. The molecule has 6 heteroatoms. The molecule has 1 saturated heterocycles. The van der Waals surface area contributed by atoms with Crippen molar-refractivity contribution in [2.45, 2.75) is 19.3 Å². The molecular weight excluding hydrogens is 277 g/mol. The van der Waals surface area contributed by atoms with Gasteiger partial charge in [0.25, 0.3) is 0 Å². The van der Waals surface area contributed by atoms with Crippen LogP contribution in [0.2, 0.25) is 0 Å². The number of nitrogens with zero attached hydrogens (tertiary/aromatic N) is 1. The van der Waals surface area contributed by atoms with Crippen molar-refractivity contribution in [1.82, 2.24) is 4.90 Å². The summed E-state index contributed by atoms with van der Waals surface area (Å²) in [7, 11) is 1.35. The van der Waals surface area contributed by atoms with Crippen LogP contribution >= 0.6 is 0 Å². The van der Waals surface area contributed by atoms with E-state index in [9.17, 15) is 18.8 Å². The molecule has 0 saturated carbocycles. The number of benzene rings is 1. The summed E-state index contributed by atoms with van der Waals surface area (Å²) < 4.78 is 18.0. The molecule has 0 unspecified atom stereocenters. The van der Waals surface area contributed by atoms with Crippen molar-refractivity contribution < 1.29 is 23.5 Å². The van der Waals surface area contributed by atoms with E-state index in [0.29, 0.717) is 5.56 Å². The maximum Gasteiger partial charge on any atom is 0.319 e. The molecule has 0 aromatic heterocycles. The number of carbonyl (C=O) groups excluding carboxylic acids is 3. The Morgan fingerprint density at radius 1 is 1.33 bits per heavy atom. The van der Waals surface area contributed by atoms with Crippen LogP contribution in [0.25, 0.3) is 0 Å². The van der Waals surface area contributed by atoms with Gasteiger partial charge in [0, 0.05) is 19.4 Å². The molecule has 2 atom stereocenters. The molecule has 1 aliphatic rings. The summed E-state index contributed by atoms with van der Waals surface area (Å²) in [6.45, 7) is 1.80. The van der Waals surface area contributed by atoms with Gasteiger partial charge in [0.1, 0.15) is 11.7 Å². The highest BCUT2D eigenvalue weighted by atomic mass is 19.1. The maximum atomic E-state index is 13.0. The molecule has 0 N–H and O–H groups in total. The third-order valence-corrected chi connectivity index (χ3v) is 3.61. The number of piperidine rings is 1. The van der Waals surface area contributed by atoms with Crippen molar-refractivity contribution in [2.75, 3.05) is 13.7 Å². The van der Waals surface area contributed by atoms with Crippen LogP contribution in [0.4, 0.5) is 4.39 Å². The minimum Gasteiger partial charge on any atom is -0.465 e. The lowest BCUT2D eigenvalue weighted by atomic mass is 9.79. The normalized spacial score (nSPS) is 22.3. The molecule has 21 heavy (non-hydrogen) atoms. The number of amides is 2. The van der Waals surface area contributed by atoms with Gasteiger partial charge in [-0.15, -0.1) is 0 Å². The molecule has 5 nitrogen and oxygen atoms in total. The molecule has 112 valence electrons.